The zero-order valence-corrected chi connectivity index (χ0v) is 6.41. The van der Waals surface area contributed by atoms with Crippen LogP contribution in [0.2, 0.25) is 0 Å². The Bertz CT molecular complexity index is 85.1. The number of piperidine rings is 1. The molecule has 1 nitrogen and oxygen atoms in total. The van der Waals surface area contributed by atoms with Crippen LogP contribution in [0.15, 0.2) is 0 Å². The van der Waals surface area contributed by atoms with Crippen molar-refractivity contribution in [3.63, 3.8) is 0 Å². The van der Waals surface area contributed by atoms with Gasteiger partial charge in [0, 0.05) is 11.8 Å². The van der Waals surface area contributed by atoms with Gasteiger partial charge in [-0.25, -0.2) is 0 Å². The SMILES string of the molecule is C1CC2CSCC(C2)N1. The molecule has 0 aromatic carbocycles. The maximum atomic E-state index is 3.53. The van der Waals surface area contributed by atoms with Crippen molar-refractivity contribution < 1.29 is 0 Å². The third kappa shape index (κ3) is 1.24. The van der Waals surface area contributed by atoms with Crippen LogP contribution < -0.4 is 5.32 Å². The van der Waals surface area contributed by atoms with Gasteiger partial charge in [0.25, 0.3) is 0 Å². The lowest BCUT2D eigenvalue weighted by Gasteiger charge is -2.34. The second-order valence-electron chi connectivity index (χ2n) is 3.08. The van der Waals surface area contributed by atoms with E-state index in [0.717, 1.165) is 12.0 Å². The van der Waals surface area contributed by atoms with E-state index in [9.17, 15) is 0 Å². The van der Waals surface area contributed by atoms with Gasteiger partial charge in [-0.1, -0.05) is 0 Å². The number of hydrogen-bond donors (Lipinski definition) is 1. The molecule has 0 radical (unpaired) electrons. The normalized spacial score (nSPS) is 42.7. The minimum Gasteiger partial charge on any atom is -0.313 e. The number of hydrogen-bond acceptors (Lipinski definition) is 2. The predicted octanol–water partition coefficient (Wildman–Crippen LogP) is 1.10. The van der Waals surface area contributed by atoms with Gasteiger partial charge in [0.15, 0.2) is 0 Å². The molecule has 0 aliphatic carbocycles. The molecule has 2 atom stereocenters. The lowest BCUT2D eigenvalue weighted by Crippen LogP contribution is -2.43. The van der Waals surface area contributed by atoms with Crippen LogP contribution >= 0.6 is 11.8 Å². The summed E-state index contributed by atoms with van der Waals surface area (Å²) in [6.45, 7) is 1.27. The van der Waals surface area contributed by atoms with Gasteiger partial charge >= 0.3 is 0 Å². The average molecular weight is 143 g/mol. The van der Waals surface area contributed by atoms with Crippen LogP contribution in [0.25, 0.3) is 0 Å². The largest absolute Gasteiger partial charge is 0.313 e. The highest BCUT2D eigenvalue weighted by atomic mass is 32.2. The van der Waals surface area contributed by atoms with E-state index in [0.29, 0.717) is 0 Å². The monoisotopic (exact) mass is 143 g/mol. The maximum absolute atomic E-state index is 3.53. The number of fused-ring (bicyclic) bond motifs is 2. The van der Waals surface area contributed by atoms with Crippen molar-refractivity contribution in [1.29, 1.82) is 0 Å². The van der Waals surface area contributed by atoms with Gasteiger partial charge in [-0.15, -0.1) is 0 Å². The summed E-state index contributed by atoms with van der Waals surface area (Å²) in [6.07, 6.45) is 2.87. The summed E-state index contributed by atoms with van der Waals surface area (Å²) in [5.74, 6) is 3.84. The second kappa shape index (κ2) is 2.51. The van der Waals surface area contributed by atoms with Crippen LogP contribution in [0.5, 0.6) is 0 Å². The molecule has 2 heterocycles. The molecule has 2 heteroatoms. The third-order valence-corrected chi connectivity index (χ3v) is 3.62. The van der Waals surface area contributed by atoms with Crippen molar-refractivity contribution in [1.82, 2.24) is 5.32 Å². The summed E-state index contributed by atoms with van der Waals surface area (Å²) in [5.41, 5.74) is 0. The molecule has 52 valence electrons. The van der Waals surface area contributed by atoms with Crippen LogP contribution in [-0.2, 0) is 0 Å². The smallest absolute Gasteiger partial charge is 0.0161 e. The zero-order valence-electron chi connectivity index (χ0n) is 5.60. The van der Waals surface area contributed by atoms with Crippen molar-refractivity contribution in [2.45, 2.75) is 18.9 Å². The van der Waals surface area contributed by atoms with Crippen molar-refractivity contribution in [3.05, 3.63) is 0 Å². The highest BCUT2D eigenvalue weighted by Gasteiger charge is 2.25. The van der Waals surface area contributed by atoms with E-state index in [1.807, 2.05) is 0 Å². The highest BCUT2D eigenvalue weighted by Crippen LogP contribution is 2.27. The Kier molecular flexibility index (Phi) is 1.68. The van der Waals surface area contributed by atoms with Crippen molar-refractivity contribution in [2.24, 2.45) is 5.92 Å². The third-order valence-electron chi connectivity index (χ3n) is 2.28. The summed E-state index contributed by atoms with van der Waals surface area (Å²) in [4.78, 5) is 0. The number of thioether (sulfide) groups is 1. The molecule has 2 aliphatic rings. The topological polar surface area (TPSA) is 12.0 Å². The van der Waals surface area contributed by atoms with Crippen LogP contribution in [-0.4, -0.2) is 24.1 Å². The molecular weight excluding hydrogens is 130 g/mol. The molecular formula is C7H13NS. The maximum Gasteiger partial charge on any atom is 0.0161 e. The van der Waals surface area contributed by atoms with Crippen LogP contribution in [0.3, 0.4) is 0 Å². The average Bonchev–Trinajstić information content (AvgIpc) is 1.88. The molecule has 0 aromatic rings. The van der Waals surface area contributed by atoms with E-state index in [2.05, 4.69) is 17.1 Å². The molecule has 2 rings (SSSR count). The Morgan fingerprint density at radius 3 is 3.11 bits per heavy atom. The fourth-order valence-electron chi connectivity index (χ4n) is 1.75. The standard InChI is InChI=1S/C7H13NS/c1-2-8-7-3-6(1)4-9-5-7/h6-8H,1-5H2. The Hall–Kier alpha value is 0.310. The first-order chi connectivity index (χ1) is 4.45. The fraction of sp³-hybridized carbons (Fsp3) is 1.00. The van der Waals surface area contributed by atoms with Crippen molar-refractivity contribution in [3.8, 4) is 0 Å². The molecule has 0 amide bonds. The van der Waals surface area contributed by atoms with Crippen molar-refractivity contribution in [2.75, 3.05) is 18.1 Å². The van der Waals surface area contributed by atoms with E-state index in [1.165, 1.54) is 30.9 Å². The Morgan fingerprint density at radius 2 is 2.33 bits per heavy atom. The van der Waals surface area contributed by atoms with Gasteiger partial charge in [-0.2, -0.15) is 11.8 Å². The number of rotatable bonds is 0. The summed E-state index contributed by atoms with van der Waals surface area (Å²) in [6, 6.07) is 0.863. The summed E-state index contributed by atoms with van der Waals surface area (Å²) < 4.78 is 0. The van der Waals surface area contributed by atoms with Gasteiger partial charge in [0.05, 0.1) is 0 Å². The van der Waals surface area contributed by atoms with Gasteiger partial charge < -0.3 is 5.32 Å². The Labute approximate surface area is 60.6 Å². The van der Waals surface area contributed by atoms with E-state index in [-0.39, 0.29) is 0 Å². The summed E-state index contributed by atoms with van der Waals surface area (Å²) >= 11 is 2.12. The molecule has 0 aromatic heterocycles. The fourth-order valence-corrected chi connectivity index (χ4v) is 3.06. The predicted molar refractivity (Wildman–Crippen MR) is 41.8 cm³/mol. The summed E-state index contributed by atoms with van der Waals surface area (Å²) in [5, 5.41) is 3.53. The zero-order chi connectivity index (χ0) is 6.10. The first-order valence-corrected chi connectivity index (χ1v) is 4.92. The second-order valence-corrected chi connectivity index (χ2v) is 4.15. The lowest BCUT2D eigenvalue weighted by molar-refractivity contribution is 0.334. The molecule has 2 aliphatic heterocycles. The Morgan fingerprint density at radius 1 is 1.33 bits per heavy atom. The first-order valence-electron chi connectivity index (χ1n) is 3.76. The molecule has 2 fully saturated rings. The van der Waals surface area contributed by atoms with E-state index >= 15 is 0 Å². The van der Waals surface area contributed by atoms with Crippen LogP contribution in [0.4, 0.5) is 0 Å². The molecule has 9 heavy (non-hydrogen) atoms. The van der Waals surface area contributed by atoms with E-state index in [1.54, 1.807) is 0 Å². The molecule has 0 saturated carbocycles. The van der Waals surface area contributed by atoms with Gasteiger partial charge in [-0.3, -0.25) is 0 Å². The summed E-state index contributed by atoms with van der Waals surface area (Å²) in [7, 11) is 0. The minimum atomic E-state index is 0.863. The quantitative estimate of drug-likeness (QED) is 0.545. The van der Waals surface area contributed by atoms with Crippen LogP contribution in [0, 0.1) is 5.92 Å². The molecule has 0 spiro atoms. The van der Waals surface area contributed by atoms with E-state index in [4.69, 9.17) is 0 Å². The van der Waals surface area contributed by atoms with Crippen LogP contribution in [0.1, 0.15) is 12.8 Å². The van der Waals surface area contributed by atoms with Gasteiger partial charge in [0.1, 0.15) is 0 Å². The first kappa shape index (κ1) is 6.05. The van der Waals surface area contributed by atoms with Gasteiger partial charge in [-0.05, 0) is 31.1 Å². The lowest BCUT2D eigenvalue weighted by atomic mass is 9.95. The van der Waals surface area contributed by atoms with Crippen molar-refractivity contribution >= 4 is 11.8 Å². The van der Waals surface area contributed by atoms with E-state index < -0.39 is 0 Å². The highest BCUT2D eigenvalue weighted by molar-refractivity contribution is 7.99. The molecule has 2 bridgehead atoms. The molecule has 2 unspecified atom stereocenters. The number of nitrogens with one attached hydrogen (secondary N) is 1. The van der Waals surface area contributed by atoms with Gasteiger partial charge in [0.2, 0.25) is 0 Å². The molecule has 1 N–H and O–H groups in total. The minimum absolute atomic E-state index is 0.863. The molecule has 2 saturated heterocycles. The Balaban J connectivity index is 1.96.